The Hall–Kier alpha value is -2.53. The molecule has 0 aliphatic carbocycles. The van der Waals surface area contributed by atoms with E-state index in [1.807, 2.05) is 11.8 Å². The predicted octanol–water partition coefficient (Wildman–Crippen LogP) is 1.50. The van der Waals surface area contributed by atoms with Gasteiger partial charge in [0.1, 0.15) is 0 Å². The number of benzene rings is 1. The minimum absolute atomic E-state index is 0.00608. The molecule has 2 saturated heterocycles. The smallest absolute Gasteiger partial charge is 0.334 e. The highest BCUT2D eigenvalue weighted by atomic mass is 35.5. The number of piperidine rings is 1. The van der Waals surface area contributed by atoms with Crippen molar-refractivity contribution in [3.8, 4) is 5.69 Å². The van der Waals surface area contributed by atoms with E-state index in [1.54, 1.807) is 12.1 Å². The molecule has 4 heterocycles. The van der Waals surface area contributed by atoms with Crippen LogP contribution in [0.3, 0.4) is 0 Å². The molecule has 2 aromatic heterocycles. The summed E-state index contributed by atoms with van der Waals surface area (Å²) in [6.45, 7) is 4.01. The highest BCUT2D eigenvalue weighted by molar-refractivity contribution is 6.43. The van der Waals surface area contributed by atoms with Crippen molar-refractivity contribution in [2.45, 2.75) is 31.9 Å². The average Bonchev–Trinajstić information content (AvgIpc) is 3.05. The molecule has 32 heavy (non-hydrogen) atoms. The summed E-state index contributed by atoms with van der Waals surface area (Å²) in [6, 6.07) is 4.68. The van der Waals surface area contributed by atoms with Crippen LogP contribution < -0.4 is 21.9 Å². The number of anilines is 1. The first-order chi connectivity index (χ1) is 15.3. The summed E-state index contributed by atoms with van der Waals surface area (Å²) in [5.74, 6) is 0.349. The number of fused-ring (bicyclic) bond motifs is 1. The molecule has 0 bridgehead atoms. The number of ether oxygens (including phenoxy) is 1. The van der Waals surface area contributed by atoms with Gasteiger partial charge in [0.25, 0.3) is 5.56 Å². The van der Waals surface area contributed by atoms with Crippen LogP contribution in [0.1, 0.15) is 19.8 Å². The lowest BCUT2D eigenvalue weighted by Crippen LogP contribution is -2.51. The molecule has 2 fully saturated rings. The van der Waals surface area contributed by atoms with E-state index in [1.165, 1.54) is 6.07 Å². The lowest BCUT2D eigenvalue weighted by atomic mass is 9.73. The molecule has 0 radical (unpaired) electrons. The van der Waals surface area contributed by atoms with E-state index in [-0.39, 0.29) is 44.5 Å². The Morgan fingerprint density at radius 3 is 2.66 bits per heavy atom. The van der Waals surface area contributed by atoms with Gasteiger partial charge in [-0.1, -0.05) is 29.3 Å². The van der Waals surface area contributed by atoms with Crippen molar-refractivity contribution in [2.24, 2.45) is 11.1 Å². The molecular weight excluding hydrogens is 457 g/mol. The Morgan fingerprint density at radius 2 is 1.97 bits per heavy atom. The number of nitrogens with two attached hydrogens (primary N) is 1. The third-order valence-corrected chi connectivity index (χ3v) is 7.38. The highest BCUT2D eigenvalue weighted by Gasteiger charge is 2.47. The molecule has 0 saturated carbocycles. The minimum Gasteiger partial charge on any atom is -0.376 e. The topological polar surface area (TPSA) is 132 Å². The fourth-order valence-corrected chi connectivity index (χ4v) is 4.93. The van der Waals surface area contributed by atoms with Gasteiger partial charge in [0, 0.05) is 24.5 Å². The van der Waals surface area contributed by atoms with Gasteiger partial charge in [-0.15, -0.1) is 10.2 Å². The van der Waals surface area contributed by atoms with Crippen LogP contribution in [0.4, 0.5) is 5.95 Å². The fourth-order valence-electron chi connectivity index (χ4n) is 4.55. The second-order valence-electron chi connectivity index (χ2n) is 8.34. The number of halogens is 2. The predicted molar refractivity (Wildman–Crippen MR) is 121 cm³/mol. The van der Waals surface area contributed by atoms with Crippen molar-refractivity contribution in [2.75, 3.05) is 24.6 Å². The Labute approximate surface area is 192 Å². The SMILES string of the molecule is C[C@@H]1OCC2(CCN(c3nnc4c(=O)n(-c5cccc(Cl)c5Cl)c(=O)[nH]c4n3)CC2)[C@@H]1N. The van der Waals surface area contributed by atoms with Gasteiger partial charge in [-0.3, -0.25) is 9.78 Å². The number of nitrogens with zero attached hydrogens (tertiary/aromatic N) is 5. The first-order valence-corrected chi connectivity index (χ1v) is 11.0. The number of H-pyrrole nitrogens is 1. The van der Waals surface area contributed by atoms with Gasteiger partial charge in [-0.05, 0) is 31.9 Å². The van der Waals surface area contributed by atoms with Crippen LogP contribution in [0.15, 0.2) is 27.8 Å². The van der Waals surface area contributed by atoms with Gasteiger partial charge >= 0.3 is 5.69 Å². The lowest BCUT2D eigenvalue weighted by molar-refractivity contribution is 0.0973. The molecule has 3 N–H and O–H groups in total. The third kappa shape index (κ3) is 3.29. The lowest BCUT2D eigenvalue weighted by Gasteiger charge is -2.41. The molecular formula is C20H21Cl2N7O3. The van der Waals surface area contributed by atoms with Gasteiger partial charge in [0.15, 0.2) is 11.2 Å². The van der Waals surface area contributed by atoms with Gasteiger partial charge < -0.3 is 15.4 Å². The van der Waals surface area contributed by atoms with E-state index in [0.29, 0.717) is 25.6 Å². The van der Waals surface area contributed by atoms with Crippen molar-refractivity contribution in [3.05, 3.63) is 49.1 Å². The van der Waals surface area contributed by atoms with E-state index in [4.69, 9.17) is 33.7 Å². The summed E-state index contributed by atoms with van der Waals surface area (Å²) in [5, 5.41) is 8.53. The van der Waals surface area contributed by atoms with E-state index in [9.17, 15) is 9.59 Å². The zero-order valence-electron chi connectivity index (χ0n) is 17.2. The first kappa shape index (κ1) is 21.3. The van der Waals surface area contributed by atoms with Gasteiger partial charge in [0.05, 0.1) is 28.4 Å². The summed E-state index contributed by atoms with van der Waals surface area (Å²) in [4.78, 5) is 34.7. The molecule has 2 aliphatic heterocycles. The van der Waals surface area contributed by atoms with Gasteiger partial charge in [-0.25, -0.2) is 9.36 Å². The quantitative estimate of drug-likeness (QED) is 0.567. The monoisotopic (exact) mass is 477 g/mol. The Balaban J connectivity index is 1.48. The third-order valence-electron chi connectivity index (χ3n) is 6.57. The molecule has 12 heteroatoms. The molecule has 2 aliphatic rings. The summed E-state index contributed by atoms with van der Waals surface area (Å²) < 4.78 is 6.64. The highest BCUT2D eigenvalue weighted by Crippen LogP contribution is 2.41. The fraction of sp³-hybridized carbons (Fsp3) is 0.450. The summed E-state index contributed by atoms with van der Waals surface area (Å²) >= 11 is 12.2. The largest absolute Gasteiger partial charge is 0.376 e. The maximum absolute atomic E-state index is 13.0. The second kappa shape index (κ2) is 7.80. The number of nitrogens with one attached hydrogen (secondary N) is 1. The molecule has 0 amide bonds. The maximum atomic E-state index is 13.0. The number of aromatic amines is 1. The van der Waals surface area contributed by atoms with Crippen LogP contribution >= 0.6 is 23.2 Å². The van der Waals surface area contributed by atoms with E-state index >= 15 is 0 Å². The summed E-state index contributed by atoms with van der Waals surface area (Å²) in [6.07, 6.45) is 1.72. The molecule has 168 valence electrons. The van der Waals surface area contributed by atoms with Crippen LogP contribution in [0.2, 0.25) is 10.0 Å². The van der Waals surface area contributed by atoms with Crippen molar-refractivity contribution >= 4 is 40.3 Å². The number of aromatic nitrogens is 5. The molecule has 1 aromatic carbocycles. The standard InChI is InChI=1S/C20H21Cl2N7O3/c1-10-15(23)20(9-32-10)5-7-28(8-6-20)18-24-16-14(26-27-18)17(30)29(19(31)25-16)12-4-2-3-11(21)13(12)22/h2-4,10,15H,5-9,23H2,1H3,(H,24,25,27,31)/t10-,15+/m0/s1. The van der Waals surface area contributed by atoms with Gasteiger partial charge in [0.2, 0.25) is 5.95 Å². The number of rotatable bonds is 2. The molecule has 2 atom stereocenters. The van der Waals surface area contributed by atoms with Gasteiger partial charge in [-0.2, -0.15) is 4.98 Å². The van der Waals surface area contributed by atoms with Crippen LogP contribution in [-0.4, -0.2) is 56.6 Å². The van der Waals surface area contributed by atoms with Crippen LogP contribution in [0, 0.1) is 5.41 Å². The number of hydrogen-bond acceptors (Lipinski definition) is 8. The summed E-state index contributed by atoms with van der Waals surface area (Å²) in [5.41, 5.74) is 5.11. The van der Waals surface area contributed by atoms with E-state index < -0.39 is 11.2 Å². The molecule has 10 nitrogen and oxygen atoms in total. The van der Waals surface area contributed by atoms with Crippen molar-refractivity contribution in [3.63, 3.8) is 0 Å². The average molecular weight is 478 g/mol. The molecule has 5 rings (SSSR count). The Kier molecular flexibility index (Phi) is 5.20. The first-order valence-electron chi connectivity index (χ1n) is 10.3. The summed E-state index contributed by atoms with van der Waals surface area (Å²) in [7, 11) is 0. The maximum Gasteiger partial charge on any atom is 0.334 e. The van der Waals surface area contributed by atoms with Crippen LogP contribution in [-0.2, 0) is 4.74 Å². The minimum atomic E-state index is -0.696. The molecule has 1 spiro atoms. The van der Waals surface area contributed by atoms with Crippen LogP contribution in [0.25, 0.3) is 16.9 Å². The van der Waals surface area contributed by atoms with E-state index in [2.05, 4.69) is 20.2 Å². The van der Waals surface area contributed by atoms with Crippen molar-refractivity contribution < 1.29 is 4.74 Å². The zero-order valence-corrected chi connectivity index (χ0v) is 18.7. The Morgan fingerprint density at radius 1 is 1.22 bits per heavy atom. The number of hydrogen-bond donors (Lipinski definition) is 2. The van der Waals surface area contributed by atoms with Crippen LogP contribution in [0.5, 0.6) is 0 Å². The van der Waals surface area contributed by atoms with Crippen molar-refractivity contribution in [1.29, 1.82) is 0 Å². The second-order valence-corrected chi connectivity index (χ2v) is 9.13. The van der Waals surface area contributed by atoms with Crippen molar-refractivity contribution in [1.82, 2.24) is 24.7 Å². The molecule has 0 unspecified atom stereocenters. The normalized spacial score (nSPS) is 22.7. The zero-order chi connectivity index (χ0) is 22.6. The van der Waals surface area contributed by atoms with E-state index in [0.717, 1.165) is 17.4 Å². The Bertz CT molecular complexity index is 1320. The molecule has 3 aromatic rings.